The van der Waals surface area contributed by atoms with Crippen LogP contribution in [-0.2, 0) is 14.3 Å². The van der Waals surface area contributed by atoms with Crippen molar-refractivity contribution >= 4 is 5.97 Å². The highest BCUT2D eigenvalue weighted by Crippen LogP contribution is 2.18. The molecule has 0 heterocycles. The third-order valence-corrected chi connectivity index (χ3v) is 5.69. The van der Waals surface area contributed by atoms with Crippen molar-refractivity contribution in [3.8, 4) is 0 Å². The van der Waals surface area contributed by atoms with E-state index in [1.54, 1.807) is 6.92 Å². The van der Waals surface area contributed by atoms with Gasteiger partial charge in [-0.25, -0.2) is 0 Å². The number of carbonyl (C=O) groups excluding carboxylic acids is 1. The number of aliphatic hydroxyl groups is 1. The molecule has 0 spiro atoms. The highest BCUT2D eigenvalue weighted by molar-refractivity contribution is 5.69. The van der Waals surface area contributed by atoms with E-state index in [9.17, 15) is 4.79 Å². The summed E-state index contributed by atoms with van der Waals surface area (Å²) in [6, 6.07) is 0. The molecule has 0 amide bonds. The molecule has 0 aromatic heterocycles. The monoisotopic (exact) mass is 443 g/mol. The van der Waals surface area contributed by atoms with E-state index in [1.807, 2.05) is 14.1 Å². The Morgan fingerprint density at radius 1 is 0.806 bits per heavy atom. The Balaban J connectivity index is 4.01. The van der Waals surface area contributed by atoms with Gasteiger partial charge in [0.2, 0.25) is 0 Å². The molecule has 2 unspecified atom stereocenters. The summed E-state index contributed by atoms with van der Waals surface area (Å²) in [6.07, 6.45) is 18.8. The molecule has 0 bridgehead atoms. The predicted octanol–water partition coefficient (Wildman–Crippen LogP) is 6.47. The quantitative estimate of drug-likeness (QED) is 0.111. The van der Waals surface area contributed by atoms with Crippen LogP contribution < -0.4 is 0 Å². The van der Waals surface area contributed by atoms with Crippen LogP contribution in [0.5, 0.6) is 0 Å². The molecule has 0 aliphatic carbocycles. The van der Waals surface area contributed by atoms with Crippen LogP contribution in [0.15, 0.2) is 0 Å². The number of unbranched alkanes of at least 4 members (excludes halogenated alkanes) is 11. The van der Waals surface area contributed by atoms with E-state index < -0.39 is 6.29 Å². The summed E-state index contributed by atoms with van der Waals surface area (Å²) in [5.74, 6) is -0.0205. The zero-order valence-corrected chi connectivity index (χ0v) is 21.2. The highest BCUT2D eigenvalue weighted by Gasteiger charge is 2.14. The maximum atomic E-state index is 12.3. The summed E-state index contributed by atoms with van der Waals surface area (Å²) in [5, 5.41) is 9.08. The second-order valence-corrected chi connectivity index (χ2v) is 9.31. The molecular formula is C26H53NO4. The maximum Gasteiger partial charge on any atom is 0.306 e. The van der Waals surface area contributed by atoms with Crippen LogP contribution >= 0.6 is 0 Å². The van der Waals surface area contributed by atoms with Crippen LogP contribution in [0.4, 0.5) is 0 Å². The van der Waals surface area contributed by atoms with Crippen LogP contribution in [0.1, 0.15) is 123 Å². The third-order valence-electron chi connectivity index (χ3n) is 5.69. The SMILES string of the molecule is CCCCCCCCCC(CCCCCCCCOC(C)O)OC(=O)CCCN(C)C. The first-order chi connectivity index (χ1) is 15.0. The summed E-state index contributed by atoms with van der Waals surface area (Å²) in [5.41, 5.74) is 0. The summed E-state index contributed by atoms with van der Waals surface area (Å²) in [7, 11) is 4.07. The van der Waals surface area contributed by atoms with E-state index in [0.717, 1.165) is 45.1 Å². The number of rotatable bonds is 23. The molecule has 5 nitrogen and oxygen atoms in total. The molecule has 5 heteroatoms. The largest absolute Gasteiger partial charge is 0.462 e. The van der Waals surface area contributed by atoms with Crippen LogP contribution in [0.3, 0.4) is 0 Å². The normalized spacial score (nSPS) is 13.5. The van der Waals surface area contributed by atoms with E-state index in [2.05, 4.69) is 11.8 Å². The molecular weight excluding hydrogens is 390 g/mol. The molecule has 0 rings (SSSR count). The molecule has 0 radical (unpaired) electrons. The van der Waals surface area contributed by atoms with Gasteiger partial charge in [-0.3, -0.25) is 4.79 Å². The third kappa shape index (κ3) is 23.8. The average Bonchev–Trinajstić information content (AvgIpc) is 2.71. The van der Waals surface area contributed by atoms with Crippen LogP contribution in [0.25, 0.3) is 0 Å². The van der Waals surface area contributed by atoms with Gasteiger partial charge >= 0.3 is 5.97 Å². The Morgan fingerprint density at radius 2 is 1.32 bits per heavy atom. The Kier molecular flexibility index (Phi) is 22.1. The lowest BCUT2D eigenvalue weighted by Crippen LogP contribution is -2.20. The number of hydrogen-bond acceptors (Lipinski definition) is 5. The van der Waals surface area contributed by atoms with Crippen molar-refractivity contribution in [1.29, 1.82) is 0 Å². The standard InChI is InChI=1S/C26H53NO4/c1-5-6-7-8-9-12-15-19-25(31-26(29)21-18-22-27(3)4)20-16-13-10-11-14-17-23-30-24(2)28/h24-25,28H,5-23H2,1-4H3. The van der Waals surface area contributed by atoms with Crippen molar-refractivity contribution in [2.24, 2.45) is 0 Å². The van der Waals surface area contributed by atoms with Gasteiger partial charge in [0, 0.05) is 13.0 Å². The first-order valence-electron chi connectivity index (χ1n) is 13.1. The van der Waals surface area contributed by atoms with Gasteiger partial charge in [0.25, 0.3) is 0 Å². The van der Waals surface area contributed by atoms with Gasteiger partial charge in [-0.1, -0.05) is 71.1 Å². The van der Waals surface area contributed by atoms with Gasteiger partial charge in [-0.15, -0.1) is 0 Å². The molecule has 0 aliphatic heterocycles. The lowest BCUT2D eigenvalue weighted by Gasteiger charge is -2.18. The van der Waals surface area contributed by atoms with Gasteiger partial charge in [0.05, 0.1) is 0 Å². The lowest BCUT2D eigenvalue weighted by molar-refractivity contribution is -0.150. The first kappa shape index (κ1) is 30.4. The van der Waals surface area contributed by atoms with Crippen molar-refractivity contribution in [3.05, 3.63) is 0 Å². The van der Waals surface area contributed by atoms with Gasteiger partial charge in [0.15, 0.2) is 6.29 Å². The average molecular weight is 444 g/mol. The maximum absolute atomic E-state index is 12.3. The molecule has 0 aromatic rings. The van der Waals surface area contributed by atoms with E-state index >= 15 is 0 Å². The fourth-order valence-electron chi connectivity index (χ4n) is 3.81. The van der Waals surface area contributed by atoms with Gasteiger partial charge in [-0.05, 0) is 66.1 Å². The van der Waals surface area contributed by atoms with Crippen molar-refractivity contribution < 1.29 is 19.4 Å². The highest BCUT2D eigenvalue weighted by atomic mass is 16.6. The molecule has 0 saturated heterocycles. The van der Waals surface area contributed by atoms with Gasteiger partial charge < -0.3 is 19.5 Å². The molecule has 186 valence electrons. The van der Waals surface area contributed by atoms with E-state index in [4.69, 9.17) is 14.6 Å². The minimum absolute atomic E-state index is 0.0205. The molecule has 0 fully saturated rings. The summed E-state index contributed by atoms with van der Waals surface area (Å²) in [6.45, 7) is 5.48. The number of ether oxygens (including phenoxy) is 2. The van der Waals surface area contributed by atoms with Crippen molar-refractivity contribution in [2.45, 2.75) is 135 Å². The smallest absolute Gasteiger partial charge is 0.306 e. The minimum atomic E-state index is -0.654. The van der Waals surface area contributed by atoms with Gasteiger partial charge in [-0.2, -0.15) is 0 Å². The zero-order chi connectivity index (χ0) is 23.2. The molecule has 31 heavy (non-hydrogen) atoms. The Morgan fingerprint density at radius 3 is 1.84 bits per heavy atom. The Labute approximate surface area is 193 Å². The molecule has 0 aromatic carbocycles. The second-order valence-electron chi connectivity index (χ2n) is 9.31. The summed E-state index contributed by atoms with van der Waals surface area (Å²) >= 11 is 0. The van der Waals surface area contributed by atoms with Crippen molar-refractivity contribution in [1.82, 2.24) is 4.90 Å². The van der Waals surface area contributed by atoms with Gasteiger partial charge in [0.1, 0.15) is 6.10 Å². The predicted molar refractivity (Wildman–Crippen MR) is 130 cm³/mol. The Bertz CT molecular complexity index is 388. The van der Waals surface area contributed by atoms with Crippen LogP contribution in [0, 0.1) is 0 Å². The first-order valence-corrected chi connectivity index (χ1v) is 13.1. The minimum Gasteiger partial charge on any atom is -0.462 e. The number of nitrogens with zero attached hydrogens (tertiary/aromatic N) is 1. The molecule has 1 N–H and O–H groups in total. The van der Waals surface area contributed by atoms with Crippen LogP contribution in [0.2, 0.25) is 0 Å². The topological polar surface area (TPSA) is 59.0 Å². The number of esters is 1. The fraction of sp³-hybridized carbons (Fsp3) is 0.962. The second kappa shape index (κ2) is 22.5. The zero-order valence-electron chi connectivity index (χ0n) is 21.2. The summed E-state index contributed by atoms with van der Waals surface area (Å²) in [4.78, 5) is 14.4. The van der Waals surface area contributed by atoms with E-state index in [1.165, 1.54) is 64.2 Å². The number of hydrogen-bond donors (Lipinski definition) is 1. The van der Waals surface area contributed by atoms with Crippen molar-refractivity contribution in [2.75, 3.05) is 27.2 Å². The summed E-state index contributed by atoms with van der Waals surface area (Å²) < 4.78 is 11.0. The molecule has 0 saturated carbocycles. The molecule has 0 aliphatic rings. The van der Waals surface area contributed by atoms with E-state index in [0.29, 0.717) is 13.0 Å². The van der Waals surface area contributed by atoms with E-state index in [-0.39, 0.29) is 12.1 Å². The fourth-order valence-corrected chi connectivity index (χ4v) is 3.81. The number of aliphatic hydroxyl groups excluding tert-OH is 1. The van der Waals surface area contributed by atoms with Crippen LogP contribution in [-0.4, -0.2) is 55.6 Å². The molecule has 2 atom stereocenters. The number of carbonyl (C=O) groups is 1. The lowest BCUT2D eigenvalue weighted by atomic mass is 10.0. The van der Waals surface area contributed by atoms with Crippen molar-refractivity contribution in [3.63, 3.8) is 0 Å². The Hall–Kier alpha value is -0.650.